The first kappa shape index (κ1) is 13.7. The van der Waals surface area contributed by atoms with E-state index in [9.17, 15) is 9.59 Å². The molecule has 1 amide bonds. The van der Waals surface area contributed by atoms with E-state index in [0.717, 1.165) is 18.5 Å². The van der Waals surface area contributed by atoms with Gasteiger partial charge in [-0.2, -0.15) is 0 Å². The van der Waals surface area contributed by atoms with Crippen molar-refractivity contribution in [2.75, 3.05) is 6.54 Å². The SMILES string of the molecule is CC(C)(C)OC(=O)N1CC2CCC3C(=O)CC=C1C23C. The maximum atomic E-state index is 12.4. The molecule has 2 aliphatic carbocycles. The van der Waals surface area contributed by atoms with E-state index in [1.54, 1.807) is 4.90 Å². The maximum Gasteiger partial charge on any atom is 0.414 e. The Labute approximate surface area is 120 Å². The number of carbonyl (C=O) groups is 2. The number of Topliss-reactive ketones (excluding diaryl/α,β-unsaturated/α-hetero) is 1. The van der Waals surface area contributed by atoms with Crippen LogP contribution in [0.15, 0.2) is 11.8 Å². The van der Waals surface area contributed by atoms with Crippen molar-refractivity contribution in [2.45, 2.75) is 52.6 Å². The molecular weight excluding hydrogens is 254 g/mol. The number of nitrogens with zero attached hydrogens (tertiary/aromatic N) is 1. The van der Waals surface area contributed by atoms with Crippen LogP contribution in [0.25, 0.3) is 0 Å². The number of ether oxygens (including phenoxy) is 1. The van der Waals surface area contributed by atoms with Crippen LogP contribution in [-0.2, 0) is 9.53 Å². The minimum atomic E-state index is -0.486. The van der Waals surface area contributed by atoms with Gasteiger partial charge in [0, 0.05) is 30.0 Å². The van der Waals surface area contributed by atoms with Crippen molar-refractivity contribution in [2.24, 2.45) is 17.3 Å². The van der Waals surface area contributed by atoms with Crippen LogP contribution in [-0.4, -0.2) is 28.9 Å². The van der Waals surface area contributed by atoms with Crippen molar-refractivity contribution < 1.29 is 14.3 Å². The van der Waals surface area contributed by atoms with Gasteiger partial charge in [-0.05, 0) is 39.5 Å². The van der Waals surface area contributed by atoms with Crippen LogP contribution >= 0.6 is 0 Å². The number of amides is 1. The molecule has 0 radical (unpaired) electrons. The summed E-state index contributed by atoms with van der Waals surface area (Å²) in [7, 11) is 0. The van der Waals surface area contributed by atoms with Crippen molar-refractivity contribution in [3.05, 3.63) is 11.8 Å². The number of rotatable bonds is 0. The number of hydrogen-bond donors (Lipinski definition) is 0. The topological polar surface area (TPSA) is 46.6 Å². The Morgan fingerprint density at radius 3 is 2.75 bits per heavy atom. The first-order valence-corrected chi connectivity index (χ1v) is 7.47. The lowest BCUT2D eigenvalue weighted by Crippen LogP contribution is -2.39. The lowest BCUT2D eigenvalue weighted by molar-refractivity contribution is -0.125. The summed E-state index contributed by atoms with van der Waals surface area (Å²) in [5.41, 5.74) is 0.394. The molecule has 20 heavy (non-hydrogen) atoms. The zero-order valence-electron chi connectivity index (χ0n) is 12.7. The lowest BCUT2D eigenvalue weighted by Gasteiger charge is -2.36. The summed E-state index contributed by atoms with van der Waals surface area (Å²) in [6.07, 6.45) is 4.14. The van der Waals surface area contributed by atoms with Gasteiger partial charge in [-0.1, -0.05) is 13.0 Å². The molecule has 3 unspecified atom stereocenters. The maximum absolute atomic E-state index is 12.4. The van der Waals surface area contributed by atoms with E-state index in [1.807, 2.05) is 26.8 Å². The van der Waals surface area contributed by atoms with Gasteiger partial charge < -0.3 is 4.74 Å². The summed E-state index contributed by atoms with van der Waals surface area (Å²) in [4.78, 5) is 26.3. The van der Waals surface area contributed by atoms with Crippen LogP contribution < -0.4 is 0 Å². The molecule has 110 valence electrons. The van der Waals surface area contributed by atoms with E-state index in [2.05, 4.69) is 6.92 Å². The molecule has 0 aromatic carbocycles. The number of hydrogen-bond acceptors (Lipinski definition) is 3. The average Bonchev–Trinajstić information content (AvgIpc) is 2.77. The van der Waals surface area contributed by atoms with Gasteiger partial charge in [0.05, 0.1) is 0 Å². The van der Waals surface area contributed by atoms with Gasteiger partial charge in [0.2, 0.25) is 0 Å². The standard InChI is InChI=1S/C16H23NO3/c1-15(2,3)20-14(19)17-9-10-5-6-11-12(18)7-8-13(17)16(10,11)4/h8,10-11H,5-7,9H2,1-4H3. The van der Waals surface area contributed by atoms with Crippen LogP contribution in [0.5, 0.6) is 0 Å². The van der Waals surface area contributed by atoms with Gasteiger partial charge in [0.1, 0.15) is 11.4 Å². The second kappa shape index (κ2) is 4.09. The molecule has 4 heteroatoms. The fourth-order valence-electron chi connectivity index (χ4n) is 4.19. The summed E-state index contributed by atoms with van der Waals surface area (Å²) < 4.78 is 5.51. The second-order valence-corrected chi connectivity index (χ2v) is 7.46. The molecule has 0 N–H and O–H groups in total. The molecule has 1 saturated heterocycles. The average molecular weight is 277 g/mol. The summed E-state index contributed by atoms with van der Waals surface area (Å²) in [5, 5.41) is 0. The second-order valence-electron chi connectivity index (χ2n) is 7.46. The van der Waals surface area contributed by atoms with E-state index in [4.69, 9.17) is 4.74 Å². The van der Waals surface area contributed by atoms with E-state index in [-0.39, 0.29) is 17.4 Å². The number of carbonyl (C=O) groups excluding carboxylic acids is 2. The van der Waals surface area contributed by atoms with Crippen LogP contribution in [0.1, 0.15) is 47.0 Å². The summed E-state index contributed by atoms with van der Waals surface area (Å²) in [6.45, 7) is 8.49. The predicted molar refractivity (Wildman–Crippen MR) is 75.0 cm³/mol. The van der Waals surface area contributed by atoms with Gasteiger partial charge in [0.25, 0.3) is 0 Å². The van der Waals surface area contributed by atoms with E-state index >= 15 is 0 Å². The predicted octanol–water partition coefficient (Wildman–Crippen LogP) is 3.13. The van der Waals surface area contributed by atoms with Crippen LogP contribution in [0, 0.1) is 17.3 Å². The number of allylic oxidation sites excluding steroid dienone is 2. The normalized spacial score (nSPS) is 35.9. The molecule has 1 heterocycles. The zero-order valence-corrected chi connectivity index (χ0v) is 12.7. The molecule has 0 aromatic heterocycles. The van der Waals surface area contributed by atoms with Gasteiger partial charge in [0.15, 0.2) is 0 Å². The van der Waals surface area contributed by atoms with Crippen LogP contribution in [0.2, 0.25) is 0 Å². The summed E-state index contributed by atoms with van der Waals surface area (Å²) >= 11 is 0. The van der Waals surface area contributed by atoms with Crippen molar-refractivity contribution in [3.8, 4) is 0 Å². The third kappa shape index (κ3) is 1.80. The third-order valence-corrected chi connectivity index (χ3v) is 5.12. The van der Waals surface area contributed by atoms with Crippen molar-refractivity contribution in [1.29, 1.82) is 0 Å². The Morgan fingerprint density at radius 1 is 1.40 bits per heavy atom. The molecule has 4 nitrogen and oxygen atoms in total. The molecule has 0 aromatic rings. The number of ketones is 1. The van der Waals surface area contributed by atoms with Crippen molar-refractivity contribution in [1.82, 2.24) is 4.90 Å². The fraction of sp³-hybridized carbons (Fsp3) is 0.750. The lowest BCUT2D eigenvalue weighted by atomic mass is 9.68. The Morgan fingerprint density at radius 2 is 2.10 bits per heavy atom. The zero-order chi connectivity index (χ0) is 14.7. The summed E-state index contributed by atoms with van der Waals surface area (Å²) in [5.74, 6) is 0.834. The van der Waals surface area contributed by atoms with E-state index in [1.165, 1.54) is 0 Å². The number of likely N-dealkylation sites (tertiary alicyclic amines) is 1. The van der Waals surface area contributed by atoms with Gasteiger partial charge >= 0.3 is 6.09 Å². The highest BCUT2D eigenvalue weighted by Crippen LogP contribution is 2.60. The molecule has 3 aliphatic rings. The monoisotopic (exact) mass is 277 g/mol. The smallest absolute Gasteiger partial charge is 0.414 e. The first-order chi connectivity index (χ1) is 9.23. The Balaban J connectivity index is 1.91. The minimum absolute atomic E-state index is 0.0972. The fourth-order valence-corrected chi connectivity index (χ4v) is 4.19. The van der Waals surface area contributed by atoms with Crippen molar-refractivity contribution >= 4 is 11.9 Å². The Hall–Kier alpha value is -1.32. The van der Waals surface area contributed by atoms with Gasteiger partial charge in [-0.3, -0.25) is 9.69 Å². The summed E-state index contributed by atoms with van der Waals surface area (Å²) in [6, 6.07) is 0. The Bertz CT molecular complexity index is 502. The molecule has 3 atom stereocenters. The molecular formula is C16H23NO3. The van der Waals surface area contributed by atoms with Crippen LogP contribution in [0.3, 0.4) is 0 Å². The highest BCUT2D eigenvalue weighted by Gasteiger charge is 2.60. The van der Waals surface area contributed by atoms with Gasteiger partial charge in [-0.25, -0.2) is 4.79 Å². The van der Waals surface area contributed by atoms with E-state index in [0.29, 0.717) is 24.7 Å². The third-order valence-electron chi connectivity index (χ3n) is 5.12. The van der Waals surface area contributed by atoms with E-state index < -0.39 is 5.60 Å². The first-order valence-electron chi connectivity index (χ1n) is 7.47. The molecule has 1 saturated carbocycles. The Kier molecular flexibility index (Phi) is 2.79. The van der Waals surface area contributed by atoms with Crippen LogP contribution in [0.4, 0.5) is 4.79 Å². The molecule has 3 rings (SSSR count). The quantitative estimate of drug-likeness (QED) is 0.683. The van der Waals surface area contributed by atoms with Crippen molar-refractivity contribution in [3.63, 3.8) is 0 Å². The highest BCUT2D eigenvalue weighted by atomic mass is 16.6. The molecule has 1 aliphatic heterocycles. The minimum Gasteiger partial charge on any atom is -0.443 e. The van der Waals surface area contributed by atoms with Gasteiger partial charge in [-0.15, -0.1) is 0 Å². The largest absolute Gasteiger partial charge is 0.443 e. The molecule has 0 spiro atoms. The highest BCUT2D eigenvalue weighted by molar-refractivity contribution is 5.87. The molecule has 0 bridgehead atoms. The molecule has 2 fully saturated rings.